The highest BCUT2D eigenvalue weighted by Gasteiger charge is 2.28. The fourth-order valence-corrected chi connectivity index (χ4v) is 4.13. The van der Waals surface area contributed by atoms with Crippen LogP contribution in [0.5, 0.6) is 0 Å². The molecule has 4 nitrogen and oxygen atoms in total. The molecule has 0 spiro atoms. The van der Waals surface area contributed by atoms with Gasteiger partial charge in [0.2, 0.25) is 11.8 Å². The molecule has 0 saturated heterocycles. The quantitative estimate of drug-likeness (QED) is 0.469. The molecule has 0 unspecified atom stereocenters. The van der Waals surface area contributed by atoms with Crippen LogP contribution in [0.1, 0.15) is 56.7 Å². The molecule has 0 radical (unpaired) electrons. The highest BCUT2D eigenvalue weighted by Crippen LogP contribution is 2.21. The van der Waals surface area contributed by atoms with E-state index in [0.29, 0.717) is 25.1 Å². The van der Waals surface area contributed by atoms with Crippen molar-refractivity contribution in [3.63, 3.8) is 0 Å². The van der Waals surface area contributed by atoms with Gasteiger partial charge in [0.1, 0.15) is 6.04 Å². The molecule has 0 fully saturated rings. The Kier molecular flexibility index (Phi) is 10.1. The molecule has 0 aliphatic carbocycles. The van der Waals surface area contributed by atoms with Gasteiger partial charge in [-0.2, -0.15) is 0 Å². The molecule has 0 bridgehead atoms. The third-order valence-electron chi connectivity index (χ3n) is 5.47. The van der Waals surface area contributed by atoms with Crippen molar-refractivity contribution in [2.24, 2.45) is 0 Å². The Bertz CT molecular complexity index is 833. The van der Waals surface area contributed by atoms with Crippen molar-refractivity contribution in [1.29, 1.82) is 0 Å². The summed E-state index contributed by atoms with van der Waals surface area (Å²) < 4.78 is 0. The van der Waals surface area contributed by atoms with E-state index in [2.05, 4.69) is 36.5 Å². The number of rotatable bonds is 11. The summed E-state index contributed by atoms with van der Waals surface area (Å²) in [5, 5.41) is 3.06. The second kappa shape index (κ2) is 12.6. The Labute approximate surface area is 191 Å². The fourth-order valence-electron chi connectivity index (χ4n) is 3.29. The maximum Gasteiger partial charge on any atom is 0.243 e. The standard InChI is InChI=1S/C26H36N2O2S/c1-6-21(5)27-26(30)24(7-2)28(18-22-12-8-19(3)9-13-22)25(29)16-17-31-23-14-10-20(4)11-15-23/h8-15,21,24H,6-7,16-18H2,1-5H3,(H,27,30)/t21-,24+/m0/s1. The second-order valence-corrected chi connectivity index (χ2v) is 9.33. The van der Waals surface area contributed by atoms with Gasteiger partial charge in [-0.25, -0.2) is 0 Å². The van der Waals surface area contributed by atoms with Gasteiger partial charge in [-0.05, 0) is 51.3 Å². The summed E-state index contributed by atoms with van der Waals surface area (Å²) in [6.07, 6.45) is 1.85. The van der Waals surface area contributed by atoms with E-state index < -0.39 is 6.04 Å². The van der Waals surface area contributed by atoms with Crippen molar-refractivity contribution >= 4 is 23.6 Å². The lowest BCUT2D eigenvalue weighted by molar-refractivity contribution is -0.141. The number of hydrogen-bond donors (Lipinski definition) is 1. The molecule has 2 rings (SSSR count). The smallest absolute Gasteiger partial charge is 0.243 e. The Balaban J connectivity index is 2.12. The van der Waals surface area contributed by atoms with Gasteiger partial charge < -0.3 is 10.2 Å². The first-order valence-electron chi connectivity index (χ1n) is 11.2. The summed E-state index contributed by atoms with van der Waals surface area (Å²) in [5.41, 5.74) is 3.44. The zero-order chi connectivity index (χ0) is 22.8. The lowest BCUT2D eigenvalue weighted by atomic mass is 10.1. The van der Waals surface area contributed by atoms with Crippen molar-refractivity contribution < 1.29 is 9.59 Å². The zero-order valence-electron chi connectivity index (χ0n) is 19.5. The number of amides is 2. The SMILES string of the molecule is CC[C@H](C(=O)N[C@@H](C)CC)N(Cc1ccc(C)cc1)C(=O)CCSc1ccc(C)cc1. The van der Waals surface area contributed by atoms with E-state index in [1.165, 1.54) is 11.1 Å². The van der Waals surface area contributed by atoms with E-state index in [1.54, 1.807) is 16.7 Å². The van der Waals surface area contributed by atoms with E-state index in [4.69, 9.17) is 0 Å². The van der Waals surface area contributed by atoms with Crippen molar-refractivity contribution in [1.82, 2.24) is 10.2 Å². The van der Waals surface area contributed by atoms with Crippen LogP contribution in [0.4, 0.5) is 0 Å². The molecule has 168 valence electrons. The molecule has 0 aliphatic rings. The molecule has 0 aromatic heterocycles. The largest absolute Gasteiger partial charge is 0.352 e. The molecule has 2 aromatic carbocycles. The van der Waals surface area contributed by atoms with Crippen LogP contribution in [0, 0.1) is 13.8 Å². The highest BCUT2D eigenvalue weighted by atomic mass is 32.2. The fraction of sp³-hybridized carbons (Fsp3) is 0.462. The van der Waals surface area contributed by atoms with Crippen molar-refractivity contribution in [3.8, 4) is 0 Å². The van der Waals surface area contributed by atoms with Crippen LogP contribution < -0.4 is 5.32 Å². The monoisotopic (exact) mass is 440 g/mol. The number of nitrogens with one attached hydrogen (secondary N) is 1. The van der Waals surface area contributed by atoms with E-state index in [9.17, 15) is 9.59 Å². The van der Waals surface area contributed by atoms with Gasteiger partial charge >= 0.3 is 0 Å². The van der Waals surface area contributed by atoms with Crippen molar-refractivity contribution in [3.05, 3.63) is 65.2 Å². The lowest BCUT2D eigenvalue weighted by Crippen LogP contribution is -2.50. The Morgan fingerprint density at radius 2 is 1.52 bits per heavy atom. The highest BCUT2D eigenvalue weighted by molar-refractivity contribution is 7.99. The average molecular weight is 441 g/mol. The van der Waals surface area contributed by atoms with E-state index >= 15 is 0 Å². The Morgan fingerprint density at radius 1 is 0.935 bits per heavy atom. The molecule has 2 atom stereocenters. The topological polar surface area (TPSA) is 49.4 Å². The third-order valence-corrected chi connectivity index (χ3v) is 6.48. The van der Waals surface area contributed by atoms with Crippen LogP contribution in [0.3, 0.4) is 0 Å². The van der Waals surface area contributed by atoms with Gasteiger partial charge in [0, 0.05) is 29.7 Å². The van der Waals surface area contributed by atoms with Crippen LogP contribution in [-0.2, 0) is 16.1 Å². The average Bonchev–Trinajstić information content (AvgIpc) is 2.76. The van der Waals surface area contributed by atoms with E-state index in [0.717, 1.165) is 16.9 Å². The predicted molar refractivity (Wildman–Crippen MR) is 130 cm³/mol. The number of nitrogens with zero attached hydrogens (tertiary/aromatic N) is 1. The number of carbonyl (C=O) groups excluding carboxylic acids is 2. The minimum Gasteiger partial charge on any atom is -0.352 e. The molecule has 0 aliphatic heterocycles. The second-order valence-electron chi connectivity index (χ2n) is 8.16. The number of thioether (sulfide) groups is 1. The van der Waals surface area contributed by atoms with E-state index in [1.807, 2.05) is 52.0 Å². The molecular weight excluding hydrogens is 404 g/mol. The summed E-state index contributed by atoms with van der Waals surface area (Å²) in [6.45, 7) is 10.6. The normalized spacial score (nSPS) is 12.8. The summed E-state index contributed by atoms with van der Waals surface area (Å²) >= 11 is 1.68. The first-order valence-corrected chi connectivity index (χ1v) is 12.2. The minimum atomic E-state index is -0.466. The third kappa shape index (κ3) is 8.06. The summed E-state index contributed by atoms with van der Waals surface area (Å²) in [5.74, 6) is 0.644. The summed E-state index contributed by atoms with van der Waals surface area (Å²) in [7, 11) is 0. The minimum absolute atomic E-state index is 0.0198. The van der Waals surface area contributed by atoms with Gasteiger partial charge in [0.25, 0.3) is 0 Å². The van der Waals surface area contributed by atoms with Crippen LogP contribution in [-0.4, -0.2) is 34.6 Å². The predicted octanol–water partition coefficient (Wildman–Crippen LogP) is 5.51. The van der Waals surface area contributed by atoms with Crippen LogP contribution in [0.15, 0.2) is 53.4 Å². The summed E-state index contributed by atoms with van der Waals surface area (Å²) in [6, 6.07) is 16.1. The maximum absolute atomic E-state index is 13.3. The van der Waals surface area contributed by atoms with Crippen molar-refractivity contribution in [2.45, 2.75) is 77.4 Å². The molecule has 31 heavy (non-hydrogen) atoms. The molecular formula is C26H36N2O2S. The maximum atomic E-state index is 13.3. The Morgan fingerprint density at radius 3 is 2.06 bits per heavy atom. The number of aryl methyl sites for hydroxylation is 2. The van der Waals surface area contributed by atoms with Crippen molar-refractivity contribution in [2.75, 3.05) is 5.75 Å². The van der Waals surface area contributed by atoms with Crippen LogP contribution in [0.25, 0.3) is 0 Å². The molecule has 2 amide bonds. The van der Waals surface area contributed by atoms with Crippen LogP contribution >= 0.6 is 11.8 Å². The molecule has 5 heteroatoms. The first kappa shape index (κ1) is 25.0. The molecule has 0 heterocycles. The first-order chi connectivity index (χ1) is 14.8. The van der Waals surface area contributed by atoms with E-state index in [-0.39, 0.29) is 17.9 Å². The summed E-state index contributed by atoms with van der Waals surface area (Å²) in [4.78, 5) is 29.1. The number of benzene rings is 2. The molecule has 0 saturated carbocycles. The van der Waals surface area contributed by atoms with Gasteiger partial charge in [-0.1, -0.05) is 61.4 Å². The molecule has 2 aromatic rings. The molecule has 1 N–H and O–H groups in total. The van der Waals surface area contributed by atoms with Gasteiger partial charge in [0.15, 0.2) is 0 Å². The van der Waals surface area contributed by atoms with Gasteiger partial charge in [0.05, 0.1) is 0 Å². The van der Waals surface area contributed by atoms with Gasteiger partial charge in [-0.15, -0.1) is 11.8 Å². The van der Waals surface area contributed by atoms with Gasteiger partial charge in [-0.3, -0.25) is 9.59 Å². The number of carbonyl (C=O) groups is 2. The zero-order valence-corrected chi connectivity index (χ0v) is 20.3. The lowest BCUT2D eigenvalue weighted by Gasteiger charge is -2.31. The Hall–Kier alpha value is -2.27. The number of hydrogen-bond acceptors (Lipinski definition) is 3. The van der Waals surface area contributed by atoms with Crippen LogP contribution in [0.2, 0.25) is 0 Å².